The first-order valence-corrected chi connectivity index (χ1v) is 9.85. The van der Waals surface area contributed by atoms with E-state index in [9.17, 15) is 4.79 Å². The van der Waals surface area contributed by atoms with E-state index in [-0.39, 0.29) is 0 Å². The molecule has 0 bridgehead atoms. The van der Waals surface area contributed by atoms with Crippen molar-refractivity contribution in [3.8, 4) is 22.3 Å². The van der Waals surface area contributed by atoms with Gasteiger partial charge in [-0.05, 0) is 62.2 Å². The zero-order valence-corrected chi connectivity index (χ0v) is 15.9. The number of hydrogen-bond donors (Lipinski definition) is 0. The summed E-state index contributed by atoms with van der Waals surface area (Å²) in [7, 11) is 0. The van der Waals surface area contributed by atoms with Crippen molar-refractivity contribution in [3.05, 3.63) is 125 Å². The fraction of sp³-hybridized carbons (Fsp3) is 0.0357. The predicted molar refractivity (Wildman–Crippen MR) is 118 cm³/mol. The largest absolute Gasteiger partial charge is 0.298 e. The molecule has 0 aromatic heterocycles. The molecule has 6 rings (SSSR count). The van der Waals surface area contributed by atoms with Crippen LogP contribution in [0.15, 0.2) is 91.5 Å². The van der Waals surface area contributed by atoms with E-state index in [0.717, 1.165) is 11.8 Å². The quantitative estimate of drug-likeness (QED) is 0.319. The minimum Gasteiger partial charge on any atom is -0.298 e. The molecule has 4 aromatic carbocycles. The van der Waals surface area contributed by atoms with E-state index in [0.29, 0.717) is 5.56 Å². The molecule has 136 valence electrons. The highest BCUT2D eigenvalue weighted by Crippen LogP contribution is 2.62. The molecule has 1 nitrogen and oxygen atoms in total. The van der Waals surface area contributed by atoms with E-state index in [4.69, 9.17) is 0 Å². The third-order valence-electron chi connectivity index (χ3n) is 6.51. The number of carbonyl (C=O) groups excluding carboxylic acids is 1. The van der Waals surface area contributed by atoms with Crippen LogP contribution in [0.1, 0.15) is 38.2 Å². The second-order valence-corrected chi connectivity index (χ2v) is 7.77. The van der Waals surface area contributed by atoms with Gasteiger partial charge in [0.1, 0.15) is 6.29 Å². The van der Waals surface area contributed by atoms with Crippen molar-refractivity contribution in [1.82, 2.24) is 0 Å². The molecule has 2 aliphatic rings. The lowest BCUT2D eigenvalue weighted by atomic mass is 9.70. The van der Waals surface area contributed by atoms with Crippen LogP contribution in [0.4, 0.5) is 0 Å². The third-order valence-corrected chi connectivity index (χ3v) is 6.51. The number of carbonyl (C=O) groups is 1. The second-order valence-electron chi connectivity index (χ2n) is 7.77. The minimum absolute atomic E-state index is 0.407. The molecule has 0 radical (unpaired) electrons. The maximum absolute atomic E-state index is 11.7. The fourth-order valence-electron chi connectivity index (χ4n) is 5.37. The summed E-state index contributed by atoms with van der Waals surface area (Å²) in [4.78, 5) is 11.7. The molecule has 1 spiro atoms. The van der Waals surface area contributed by atoms with E-state index in [1.165, 1.54) is 44.5 Å². The van der Waals surface area contributed by atoms with Crippen LogP contribution in [-0.2, 0) is 5.41 Å². The molecular formula is C28H18O. The SMILES string of the molecule is C=Cc1ccc2c(c1)C1(c3ccccc3-c3ccccc31)c1cc(C=O)ccc1-2. The molecule has 2 aliphatic carbocycles. The van der Waals surface area contributed by atoms with Crippen molar-refractivity contribution in [1.29, 1.82) is 0 Å². The van der Waals surface area contributed by atoms with E-state index in [1.54, 1.807) is 0 Å². The molecule has 29 heavy (non-hydrogen) atoms. The molecule has 0 fully saturated rings. The number of hydrogen-bond acceptors (Lipinski definition) is 1. The molecule has 0 atom stereocenters. The van der Waals surface area contributed by atoms with Crippen molar-refractivity contribution in [2.75, 3.05) is 0 Å². The normalized spacial score (nSPS) is 14.1. The van der Waals surface area contributed by atoms with Crippen LogP contribution in [0.3, 0.4) is 0 Å². The van der Waals surface area contributed by atoms with Crippen LogP contribution in [0, 0.1) is 0 Å². The first-order valence-electron chi connectivity index (χ1n) is 9.85. The topological polar surface area (TPSA) is 17.1 Å². The first kappa shape index (κ1) is 16.3. The highest BCUT2D eigenvalue weighted by molar-refractivity contribution is 5.96. The lowest BCUT2D eigenvalue weighted by Gasteiger charge is -2.30. The summed E-state index contributed by atoms with van der Waals surface area (Å²) in [6, 6.07) is 30.0. The molecule has 0 N–H and O–H groups in total. The van der Waals surface area contributed by atoms with Gasteiger partial charge in [-0.1, -0.05) is 85.5 Å². The molecule has 0 saturated heterocycles. The molecule has 4 aromatic rings. The number of fused-ring (bicyclic) bond motifs is 10. The van der Waals surface area contributed by atoms with Gasteiger partial charge in [0.2, 0.25) is 0 Å². The third kappa shape index (κ3) is 1.87. The minimum atomic E-state index is -0.407. The van der Waals surface area contributed by atoms with Gasteiger partial charge in [0, 0.05) is 5.56 Å². The molecule has 0 amide bonds. The van der Waals surface area contributed by atoms with Crippen molar-refractivity contribution < 1.29 is 4.79 Å². The van der Waals surface area contributed by atoms with E-state index >= 15 is 0 Å². The lowest BCUT2D eigenvalue weighted by molar-refractivity contribution is 0.112. The summed E-state index contributed by atoms with van der Waals surface area (Å²) in [5, 5.41) is 0. The Balaban J connectivity index is 1.86. The fourth-order valence-corrected chi connectivity index (χ4v) is 5.37. The van der Waals surface area contributed by atoms with E-state index in [2.05, 4.69) is 85.4 Å². The molecule has 0 aliphatic heterocycles. The smallest absolute Gasteiger partial charge is 0.150 e. The van der Waals surface area contributed by atoms with Crippen LogP contribution in [0.5, 0.6) is 0 Å². The zero-order valence-electron chi connectivity index (χ0n) is 15.9. The zero-order chi connectivity index (χ0) is 19.6. The monoisotopic (exact) mass is 370 g/mol. The van der Waals surface area contributed by atoms with E-state index in [1.807, 2.05) is 12.1 Å². The standard InChI is InChI=1S/C28H18O/c1-2-18-11-13-22-23-14-12-19(17-29)16-27(23)28(26(22)15-18)24-9-5-3-7-20(24)21-8-4-6-10-25(21)28/h2-17H,1H2. The number of benzene rings is 4. The Labute approximate surface area is 170 Å². The molecule has 0 unspecified atom stereocenters. The Morgan fingerprint density at radius 1 is 0.586 bits per heavy atom. The summed E-state index contributed by atoms with van der Waals surface area (Å²) in [6.45, 7) is 3.99. The van der Waals surface area contributed by atoms with Crippen molar-refractivity contribution >= 4 is 12.4 Å². The Hall–Kier alpha value is -3.71. The molecular weight excluding hydrogens is 352 g/mol. The summed E-state index contributed by atoms with van der Waals surface area (Å²) < 4.78 is 0. The van der Waals surface area contributed by atoms with Gasteiger partial charge in [0.05, 0.1) is 5.41 Å². The highest BCUT2D eigenvalue weighted by Gasteiger charge is 2.51. The lowest BCUT2D eigenvalue weighted by Crippen LogP contribution is -2.26. The summed E-state index contributed by atoms with van der Waals surface area (Å²) in [6.07, 6.45) is 2.85. The number of aldehydes is 1. The summed E-state index contributed by atoms with van der Waals surface area (Å²) in [5.41, 5.74) is 11.4. The second kappa shape index (κ2) is 5.65. The Bertz CT molecular complexity index is 1240. The summed E-state index contributed by atoms with van der Waals surface area (Å²) >= 11 is 0. The Kier molecular flexibility index (Phi) is 3.17. The van der Waals surface area contributed by atoms with Gasteiger partial charge >= 0.3 is 0 Å². The van der Waals surface area contributed by atoms with Gasteiger partial charge in [0.25, 0.3) is 0 Å². The van der Waals surface area contributed by atoms with Gasteiger partial charge in [0.15, 0.2) is 0 Å². The molecule has 1 heteroatoms. The van der Waals surface area contributed by atoms with Crippen molar-refractivity contribution in [2.45, 2.75) is 5.41 Å². The van der Waals surface area contributed by atoms with Gasteiger partial charge in [-0.25, -0.2) is 0 Å². The molecule has 0 saturated carbocycles. The summed E-state index contributed by atoms with van der Waals surface area (Å²) in [5.74, 6) is 0. The van der Waals surface area contributed by atoms with Gasteiger partial charge < -0.3 is 0 Å². The van der Waals surface area contributed by atoms with Crippen molar-refractivity contribution in [3.63, 3.8) is 0 Å². The van der Waals surface area contributed by atoms with Crippen molar-refractivity contribution in [2.24, 2.45) is 0 Å². The van der Waals surface area contributed by atoms with Crippen LogP contribution < -0.4 is 0 Å². The average molecular weight is 370 g/mol. The maximum atomic E-state index is 11.7. The van der Waals surface area contributed by atoms with Crippen LogP contribution in [0.25, 0.3) is 28.3 Å². The van der Waals surface area contributed by atoms with Gasteiger partial charge in [-0.15, -0.1) is 0 Å². The van der Waals surface area contributed by atoms with Crippen LogP contribution >= 0.6 is 0 Å². The Morgan fingerprint density at radius 3 is 1.62 bits per heavy atom. The maximum Gasteiger partial charge on any atom is 0.150 e. The predicted octanol–water partition coefficient (Wildman–Crippen LogP) is 6.49. The highest BCUT2D eigenvalue weighted by atomic mass is 16.1. The van der Waals surface area contributed by atoms with E-state index < -0.39 is 5.41 Å². The van der Waals surface area contributed by atoms with Crippen LogP contribution in [-0.4, -0.2) is 6.29 Å². The first-order chi connectivity index (χ1) is 14.3. The van der Waals surface area contributed by atoms with Crippen LogP contribution in [0.2, 0.25) is 0 Å². The Morgan fingerprint density at radius 2 is 1.07 bits per heavy atom. The molecule has 0 heterocycles. The average Bonchev–Trinajstić information content (AvgIpc) is 3.25. The van der Waals surface area contributed by atoms with Gasteiger partial charge in [-0.3, -0.25) is 4.79 Å². The number of rotatable bonds is 2. The van der Waals surface area contributed by atoms with Gasteiger partial charge in [-0.2, -0.15) is 0 Å².